The summed E-state index contributed by atoms with van der Waals surface area (Å²) in [5.74, 6) is 2.16. The number of methoxy groups -OCH3 is 1. The van der Waals surface area contributed by atoms with Gasteiger partial charge in [-0.2, -0.15) is 5.26 Å². The molecule has 0 spiro atoms. The molecule has 1 amide bonds. The second-order valence-corrected chi connectivity index (χ2v) is 11.6. The lowest BCUT2D eigenvalue weighted by Crippen LogP contribution is -2.57. The number of benzene rings is 2. The van der Waals surface area contributed by atoms with Crippen molar-refractivity contribution >= 4 is 17.0 Å². The molecule has 4 fully saturated rings. The molecule has 4 aliphatic heterocycles. The SMILES string of the molecule is COc1cc(C(=O)NC2CN3CCC2CC3)ccc1-c1cc2nccc(-c3ccc(OC4CCOCC4)c(C#N)c3)c2o1. The molecule has 4 aromatic rings. The molecule has 220 valence electrons. The number of nitrogens with zero attached hydrogens (tertiary/aromatic N) is 3. The van der Waals surface area contributed by atoms with Crippen LogP contribution in [0.3, 0.4) is 0 Å². The summed E-state index contributed by atoms with van der Waals surface area (Å²) in [5.41, 5.74) is 4.68. The number of amides is 1. The van der Waals surface area contributed by atoms with E-state index in [1.54, 1.807) is 19.4 Å². The first-order valence-electron chi connectivity index (χ1n) is 15.0. The minimum absolute atomic E-state index is 0.0415. The third kappa shape index (κ3) is 5.44. The van der Waals surface area contributed by atoms with Crippen LogP contribution in [0.25, 0.3) is 33.6 Å². The number of carbonyl (C=O) groups is 1. The maximum Gasteiger partial charge on any atom is 0.251 e. The Kier molecular flexibility index (Phi) is 7.47. The third-order valence-corrected chi connectivity index (χ3v) is 8.99. The Morgan fingerprint density at radius 3 is 2.60 bits per heavy atom. The highest BCUT2D eigenvalue weighted by Gasteiger charge is 2.35. The van der Waals surface area contributed by atoms with Crippen LogP contribution in [0, 0.1) is 17.2 Å². The highest BCUT2D eigenvalue weighted by molar-refractivity contribution is 5.97. The van der Waals surface area contributed by atoms with Crippen LogP contribution in [0.5, 0.6) is 11.5 Å². The lowest BCUT2D eigenvalue weighted by Gasteiger charge is -2.44. The van der Waals surface area contributed by atoms with Crippen LogP contribution in [-0.4, -0.2) is 67.9 Å². The molecule has 2 aromatic heterocycles. The molecule has 2 bridgehead atoms. The third-order valence-electron chi connectivity index (χ3n) is 8.99. The molecular weight excluding hydrogens is 544 g/mol. The van der Waals surface area contributed by atoms with Crippen molar-refractivity contribution in [3.63, 3.8) is 0 Å². The van der Waals surface area contributed by atoms with Gasteiger partial charge in [-0.3, -0.25) is 9.78 Å². The average Bonchev–Trinajstić information content (AvgIpc) is 3.50. The molecule has 43 heavy (non-hydrogen) atoms. The van der Waals surface area contributed by atoms with Gasteiger partial charge in [-0.15, -0.1) is 0 Å². The Balaban J connectivity index is 1.15. The number of furan rings is 1. The first-order valence-corrected chi connectivity index (χ1v) is 15.0. The van der Waals surface area contributed by atoms with E-state index in [4.69, 9.17) is 18.6 Å². The van der Waals surface area contributed by atoms with E-state index in [-0.39, 0.29) is 18.1 Å². The fraction of sp³-hybridized carbons (Fsp3) is 0.382. The molecule has 1 N–H and O–H groups in total. The van der Waals surface area contributed by atoms with Crippen molar-refractivity contribution in [3.05, 3.63) is 65.9 Å². The van der Waals surface area contributed by atoms with Gasteiger partial charge in [0.25, 0.3) is 5.91 Å². The van der Waals surface area contributed by atoms with E-state index in [1.807, 2.05) is 42.5 Å². The van der Waals surface area contributed by atoms with Gasteiger partial charge in [0.1, 0.15) is 34.9 Å². The van der Waals surface area contributed by atoms with E-state index >= 15 is 0 Å². The minimum Gasteiger partial charge on any atom is -0.496 e. The molecule has 9 nitrogen and oxygen atoms in total. The number of ether oxygens (including phenoxy) is 3. The fourth-order valence-corrected chi connectivity index (χ4v) is 6.58. The number of nitriles is 1. The van der Waals surface area contributed by atoms with E-state index in [2.05, 4.69) is 21.3 Å². The lowest BCUT2D eigenvalue weighted by molar-refractivity contribution is 0.0254. The molecule has 0 saturated carbocycles. The molecular formula is C34H34N4O5. The normalized spacial score (nSPS) is 21.8. The van der Waals surface area contributed by atoms with Crippen LogP contribution in [0.4, 0.5) is 0 Å². The molecule has 1 unspecified atom stereocenters. The topological polar surface area (TPSA) is 110 Å². The Hall–Kier alpha value is -4.39. The zero-order valence-electron chi connectivity index (χ0n) is 24.2. The van der Waals surface area contributed by atoms with Gasteiger partial charge in [-0.1, -0.05) is 6.07 Å². The summed E-state index contributed by atoms with van der Waals surface area (Å²) in [6.07, 6.45) is 5.67. The quantitative estimate of drug-likeness (QED) is 0.310. The Labute approximate surface area is 250 Å². The van der Waals surface area contributed by atoms with Crippen molar-refractivity contribution in [3.8, 4) is 40.0 Å². The summed E-state index contributed by atoms with van der Waals surface area (Å²) in [6, 6.07) is 17.3. The summed E-state index contributed by atoms with van der Waals surface area (Å²) >= 11 is 0. The second-order valence-electron chi connectivity index (χ2n) is 11.6. The molecule has 4 saturated heterocycles. The van der Waals surface area contributed by atoms with Crippen LogP contribution in [0.1, 0.15) is 41.6 Å². The number of aromatic nitrogens is 1. The zero-order valence-corrected chi connectivity index (χ0v) is 24.2. The van der Waals surface area contributed by atoms with Crippen LogP contribution >= 0.6 is 0 Å². The molecule has 2 aromatic carbocycles. The summed E-state index contributed by atoms with van der Waals surface area (Å²) in [6.45, 7) is 4.51. The molecule has 1 atom stereocenters. The van der Waals surface area contributed by atoms with E-state index in [0.29, 0.717) is 58.6 Å². The predicted octanol–water partition coefficient (Wildman–Crippen LogP) is 5.42. The highest BCUT2D eigenvalue weighted by Crippen LogP contribution is 2.39. The Bertz CT molecular complexity index is 1690. The maximum atomic E-state index is 13.2. The van der Waals surface area contributed by atoms with Crippen molar-refractivity contribution < 1.29 is 23.4 Å². The largest absolute Gasteiger partial charge is 0.496 e. The lowest BCUT2D eigenvalue weighted by atomic mass is 9.84. The number of piperidine rings is 3. The first-order chi connectivity index (χ1) is 21.1. The van der Waals surface area contributed by atoms with Crippen LogP contribution < -0.4 is 14.8 Å². The number of carbonyl (C=O) groups excluding carboxylic acids is 1. The first kappa shape index (κ1) is 27.4. The van der Waals surface area contributed by atoms with Gasteiger partial charge in [-0.05, 0) is 73.8 Å². The maximum absolute atomic E-state index is 13.2. The molecule has 4 aliphatic rings. The smallest absolute Gasteiger partial charge is 0.251 e. The van der Waals surface area contributed by atoms with Crippen molar-refractivity contribution in [2.24, 2.45) is 5.92 Å². The van der Waals surface area contributed by atoms with Gasteiger partial charge in [0.2, 0.25) is 0 Å². The van der Waals surface area contributed by atoms with Gasteiger partial charge < -0.3 is 28.8 Å². The number of hydrogen-bond acceptors (Lipinski definition) is 8. The number of pyridine rings is 1. The number of fused-ring (bicyclic) bond motifs is 4. The minimum atomic E-state index is -0.0882. The van der Waals surface area contributed by atoms with E-state index in [9.17, 15) is 10.1 Å². The number of hydrogen-bond donors (Lipinski definition) is 1. The Morgan fingerprint density at radius 2 is 1.86 bits per heavy atom. The van der Waals surface area contributed by atoms with Crippen molar-refractivity contribution in [2.75, 3.05) is 40.0 Å². The van der Waals surface area contributed by atoms with Crippen molar-refractivity contribution in [1.82, 2.24) is 15.2 Å². The van der Waals surface area contributed by atoms with E-state index in [1.165, 1.54) is 0 Å². The van der Waals surface area contributed by atoms with Gasteiger partial charge in [0, 0.05) is 48.8 Å². The van der Waals surface area contributed by atoms with Gasteiger partial charge in [0.15, 0.2) is 5.58 Å². The predicted molar refractivity (Wildman–Crippen MR) is 161 cm³/mol. The van der Waals surface area contributed by atoms with Crippen LogP contribution in [-0.2, 0) is 4.74 Å². The molecule has 0 radical (unpaired) electrons. The number of rotatable bonds is 7. The monoisotopic (exact) mass is 578 g/mol. The molecule has 6 heterocycles. The molecule has 0 aliphatic carbocycles. The number of nitrogens with one attached hydrogen (secondary N) is 1. The highest BCUT2D eigenvalue weighted by atomic mass is 16.5. The average molecular weight is 579 g/mol. The van der Waals surface area contributed by atoms with Gasteiger partial charge in [-0.25, -0.2) is 0 Å². The molecule has 8 rings (SSSR count). The van der Waals surface area contributed by atoms with E-state index in [0.717, 1.165) is 62.0 Å². The summed E-state index contributed by atoms with van der Waals surface area (Å²) < 4.78 is 23.7. The Morgan fingerprint density at radius 1 is 1.02 bits per heavy atom. The zero-order chi connectivity index (χ0) is 29.3. The van der Waals surface area contributed by atoms with Crippen LogP contribution in [0.2, 0.25) is 0 Å². The van der Waals surface area contributed by atoms with Gasteiger partial charge >= 0.3 is 0 Å². The molecule has 9 heteroatoms. The fourth-order valence-electron chi connectivity index (χ4n) is 6.58. The second kappa shape index (κ2) is 11.7. The summed E-state index contributed by atoms with van der Waals surface area (Å²) in [5, 5.41) is 13.1. The van der Waals surface area contributed by atoms with Crippen LogP contribution in [0.15, 0.2) is 59.1 Å². The van der Waals surface area contributed by atoms with E-state index < -0.39 is 0 Å². The van der Waals surface area contributed by atoms with Gasteiger partial charge in [0.05, 0.1) is 31.5 Å². The standard InChI is InChI=1S/C34H34N4O5/c1-40-31-17-23(34(39)37-29-20-38-12-7-21(29)8-13-38)2-4-27(31)32-18-28-33(43-32)26(6-11-36-28)22-3-5-30(24(16-22)19-35)42-25-9-14-41-15-10-25/h2-6,11,16-18,21,25,29H,7-10,12-15,20H2,1H3,(H,37,39). The summed E-state index contributed by atoms with van der Waals surface area (Å²) in [4.78, 5) is 20.1. The van der Waals surface area contributed by atoms with Crippen molar-refractivity contribution in [2.45, 2.75) is 37.8 Å². The summed E-state index contributed by atoms with van der Waals surface area (Å²) in [7, 11) is 1.59. The van der Waals surface area contributed by atoms with Crippen molar-refractivity contribution in [1.29, 1.82) is 5.26 Å².